The molecule has 1 fully saturated rings. The number of anilines is 1. The lowest BCUT2D eigenvalue weighted by atomic mass is 9.99. The normalized spacial score (nSPS) is 14.6. The number of carbonyl (C=O) groups excluding carboxylic acids is 1. The molecule has 1 aliphatic rings. The lowest BCUT2D eigenvalue weighted by Crippen LogP contribution is -2.38. The van der Waals surface area contributed by atoms with E-state index in [2.05, 4.69) is 65.3 Å². The van der Waals surface area contributed by atoms with Crippen molar-refractivity contribution in [1.29, 1.82) is 0 Å². The van der Waals surface area contributed by atoms with Gasteiger partial charge in [0.05, 0.1) is 17.1 Å². The average Bonchev–Trinajstić information content (AvgIpc) is 3.65. The van der Waals surface area contributed by atoms with Gasteiger partial charge < -0.3 is 5.73 Å². The molecule has 1 saturated heterocycles. The predicted molar refractivity (Wildman–Crippen MR) is 126 cm³/mol. The number of tetrazole rings is 1. The van der Waals surface area contributed by atoms with Crippen LogP contribution in [0, 0.1) is 5.92 Å². The second-order valence-corrected chi connectivity index (χ2v) is 8.56. The van der Waals surface area contributed by atoms with Gasteiger partial charge in [-0.2, -0.15) is 4.68 Å². The van der Waals surface area contributed by atoms with Gasteiger partial charge in [-0.15, -0.1) is 20.1 Å². The fraction of sp³-hybridized carbons (Fsp3) is 0.333. The molecule has 4 N–H and O–H groups in total. The first-order valence-corrected chi connectivity index (χ1v) is 11.3. The fourth-order valence-electron chi connectivity index (χ4n) is 3.90. The van der Waals surface area contributed by atoms with Gasteiger partial charge in [-0.25, -0.2) is 4.63 Å². The summed E-state index contributed by atoms with van der Waals surface area (Å²) >= 11 is 0. The monoisotopic (exact) mass is 491 g/mol. The SMILES string of the molecule is C=C(NNC(=O)c1nnn(-c2nonc2N)c1CN1CCC(C)CC1)c1ccc(-n2ncnn2)cc1. The van der Waals surface area contributed by atoms with Crippen LogP contribution in [0.1, 0.15) is 41.5 Å². The van der Waals surface area contributed by atoms with Crippen molar-refractivity contribution < 1.29 is 9.42 Å². The van der Waals surface area contributed by atoms with Crippen LogP contribution in [-0.2, 0) is 6.54 Å². The summed E-state index contributed by atoms with van der Waals surface area (Å²) < 4.78 is 6.12. The van der Waals surface area contributed by atoms with Crippen LogP contribution in [0.15, 0.2) is 41.8 Å². The van der Waals surface area contributed by atoms with Crippen LogP contribution in [-0.4, -0.2) is 69.4 Å². The van der Waals surface area contributed by atoms with E-state index in [0.29, 0.717) is 23.9 Å². The van der Waals surface area contributed by atoms with Crippen molar-refractivity contribution >= 4 is 17.4 Å². The number of nitrogens with zero attached hydrogens (tertiary/aromatic N) is 10. The van der Waals surface area contributed by atoms with E-state index in [1.54, 1.807) is 0 Å². The molecule has 4 heterocycles. The lowest BCUT2D eigenvalue weighted by molar-refractivity contribution is 0.0934. The number of piperidine rings is 1. The first-order valence-electron chi connectivity index (χ1n) is 11.3. The number of carbonyl (C=O) groups is 1. The van der Waals surface area contributed by atoms with Gasteiger partial charge in [-0.1, -0.05) is 30.8 Å². The third kappa shape index (κ3) is 4.76. The zero-order valence-electron chi connectivity index (χ0n) is 19.6. The lowest BCUT2D eigenvalue weighted by Gasteiger charge is -2.30. The maximum atomic E-state index is 13.1. The highest BCUT2D eigenvalue weighted by Gasteiger charge is 2.27. The van der Waals surface area contributed by atoms with Crippen molar-refractivity contribution in [2.45, 2.75) is 26.3 Å². The molecule has 0 atom stereocenters. The van der Waals surface area contributed by atoms with Gasteiger partial charge in [0.2, 0.25) is 11.6 Å². The molecule has 1 aliphatic heterocycles. The molecule has 1 amide bonds. The Labute approximate surface area is 205 Å². The van der Waals surface area contributed by atoms with Crippen LogP contribution < -0.4 is 16.6 Å². The number of nitrogens with one attached hydrogen (secondary N) is 2. The van der Waals surface area contributed by atoms with Crippen LogP contribution in [0.3, 0.4) is 0 Å². The largest absolute Gasteiger partial charge is 0.378 e. The molecule has 1 aromatic carbocycles. The van der Waals surface area contributed by atoms with Crippen LogP contribution >= 0.6 is 0 Å². The minimum Gasteiger partial charge on any atom is -0.378 e. The van der Waals surface area contributed by atoms with Gasteiger partial charge in [-0.3, -0.25) is 20.5 Å². The van der Waals surface area contributed by atoms with Crippen LogP contribution in [0.25, 0.3) is 17.2 Å². The Kier molecular flexibility index (Phi) is 6.36. The predicted octanol–water partition coefficient (Wildman–Crippen LogP) is 0.345. The standard InChI is InChI=1S/C21H25N13O2/c1-13-7-9-32(10-8-13)11-17-18(26-31-33(17)20-19(22)28-36-29-20)21(35)27-25-14(2)15-3-5-16(6-4-15)34-24-12-23-30-34/h3-6,12-13,25H,2,7-11H2,1H3,(H2,22,28)(H,27,35). The maximum absolute atomic E-state index is 13.1. The first kappa shape index (κ1) is 23.1. The van der Waals surface area contributed by atoms with E-state index in [9.17, 15) is 4.79 Å². The van der Waals surface area contributed by atoms with E-state index in [0.717, 1.165) is 37.2 Å². The number of nitrogens with two attached hydrogens (primary N) is 1. The van der Waals surface area contributed by atoms with Crippen LogP contribution in [0.4, 0.5) is 5.82 Å². The van der Waals surface area contributed by atoms with Crippen LogP contribution in [0.5, 0.6) is 0 Å². The van der Waals surface area contributed by atoms with Crippen molar-refractivity contribution in [1.82, 2.24) is 61.3 Å². The molecule has 0 spiro atoms. The zero-order valence-corrected chi connectivity index (χ0v) is 19.6. The summed E-state index contributed by atoms with van der Waals surface area (Å²) in [6.07, 6.45) is 3.50. The third-order valence-electron chi connectivity index (χ3n) is 6.05. The van der Waals surface area contributed by atoms with E-state index < -0.39 is 5.91 Å². The van der Waals surface area contributed by atoms with Gasteiger partial charge in [-0.05, 0) is 65.1 Å². The van der Waals surface area contributed by atoms with Crippen molar-refractivity contribution in [2.75, 3.05) is 18.8 Å². The van der Waals surface area contributed by atoms with E-state index in [4.69, 9.17) is 10.4 Å². The number of rotatable bonds is 8. The Morgan fingerprint density at radius 2 is 1.94 bits per heavy atom. The summed E-state index contributed by atoms with van der Waals surface area (Å²) in [7, 11) is 0. The third-order valence-corrected chi connectivity index (χ3v) is 6.05. The molecule has 0 aliphatic carbocycles. The molecule has 0 saturated carbocycles. The minimum atomic E-state index is -0.485. The molecule has 4 aromatic rings. The summed E-state index contributed by atoms with van der Waals surface area (Å²) in [5.41, 5.74) is 14.0. The summed E-state index contributed by atoms with van der Waals surface area (Å²) in [6.45, 7) is 8.46. The van der Waals surface area contributed by atoms with Crippen molar-refractivity contribution in [3.05, 3.63) is 54.1 Å². The number of nitrogen functional groups attached to an aromatic ring is 1. The molecule has 186 valence electrons. The van der Waals surface area contributed by atoms with E-state index in [-0.39, 0.29) is 17.3 Å². The number of likely N-dealkylation sites (tertiary alicyclic amines) is 1. The van der Waals surface area contributed by atoms with Gasteiger partial charge in [0, 0.05) is 6.54 Å². The van der Waals surface area contributed by atoms with Crippen molar-refractivity contribution in [3.8, 4) is 11.5 Å². The Morgan fingerprint density at radius 1 is 1.17 bits per heavy atom. The van der Waals surface area contributed by atoms with Crippen LogP contribution in [0.2, 0.25) is 0 Å². The smallest absolute Gasteiger partial charge is 0.292 e. The van der Waals surface area contributed by atoms with E-state index in [1.165, 1.54) is 15.8 Å². The number of aromatic nitrogens is 9. The quantitative estimate of drug-likeness (QED) is 0.288. The molecule has 3 aromatic heterocycles. The van der Waals surface area contributed by atoms with Gasteiger partial charge in [0.25, 0.3) is 5.91 Å². The number of amides is 1. The molecule has 15 nitrogen and oxygen atoms in total. The Hall–Kier alpha value is -4.66. The number of hydrogen-bond acceptors (Lipinski definition) is 12. The topological polar surface area (TPSA) is 184 Å². The number of hydrazine groups is 1. The van der Waals surface area contributed by atoms with Crippen molar-refractivity contribution in [2.24, 2.45) is 5.92 Å². The molecule has 5 rings (SSSR count). The first-order chi connectivity index (χ1) is 17.5. The maximum Gasteiger partial charge on any atom is 0.292 e. The highest BCUT2D eigenvalue weighted by molar-refractivity contribution is 5.93. The molecular formula is C21H25N13O2. The average molecular weight is 492 g/mol. The second-order valence-electron chi connectivity index (χ2n) is 8.56. The molecular weight excluding hydrogens is 466 g/mol. The van der Waals surface area contributed by atoms with E-state index >= 15 is 0 Å². The highest BCUT2D eigenvalue weighted by Crippen LogP contribution is 2.22. The molecule has 0 radical (unpaired) electrons. The summed E-state index contributed by atoms with van der Waals surface area (Å²) in [5.74, 6) is 0.415. The number of benzene rings is 1. The Bertz CT molecular complexity index is 1330. The van der Waals surface area contributed by atoms with Gasteiger partial charge >= 0.3 is 0 Å². The Morgan fingerprint density at radius 3 is 2.61 bits per heavy atom. The van der Waals surface area contributed by atoms with Crippen molar-refractivity contribution in [3.63, 3.8) is 0 Å². The summed E-state index contributed by atoms with van der Waals surface area (Å²) in [4.78, 5) is 16.7. The second kappa shape index (κ2) is 9.91. The molecule has 0 unspecified atom stereocenters. The molecule has 36 heavy (non-hydrogen) atoms. The summed E-state index contributed by atoms with van der Waals surface area (Å²) in [6, 6.07) is 7.26. The number of hydrogen-bond donors (Lipinski definition) is 3. The fourth-order valence-corrected chi connectivity index (χ4v) is 3.90. The van der Waals surface area contributed by atoms with Gasteiger partial charge in [0.15, 0.2) is 12.0 Å². The summed E-state index contributed by atoms with van der Waals surface area (Å²) in [5, 5.41) is 27.2. The minimum absolute atomic E-state index is 0.0522. The highest BCUT2D eigenvalue weighted by atomic mass is 16.6. The Balaban J connectivity index is 1.30. The molecule has 0 bridgehead atoms. The van der Waals surface area contributed by atoms with Gasteiger partial charge in [0.1, 0.15) is 0 Å². The van der Waals surface area contributed by atoms with E-state index in [1.807, 2.05) is 24.3 Å². The molecule has 15 heteroatoms. The zero-order chi connectivity index (χ0) is 25.1.